The summed E-state index contributed by atoms with van der Waals surface area (Å²) in [4.78, 5) is 0. The highest BCUT2D eigenvalue weighted by Gasteiger charge is 2.63. The predicted octanol–water partition coefficient (Wildman–Crippen LogP) is 4.33. The van der Waals surface area contributed by atoms with Gasteiger partial charge < -0.3 is 0 Å². The van der Waals surface area contributed by atoms with E-state index in [0.717, 1.165) is 0 Å². The fraction of sp³-hybridized carbons (Fsp3) is 0.500. The van der Waals surface area contributed by atoms with Crippen LogP contribution in [0.3, 0.4) is 0 Å². The summed E-state index contributed by atoms with van der Waals surface area (Å²) in [6, 6.07) is 3.68. The number of hydrogen-bond acceptors (Lipinski definition) is 1. The van der Waals surface area contributed by atoms with Gasteiger partial charge in [0.15, 0.2) is 0 Å². The van der Waals surface area contributed by atoms with Crippen LogP contribution in [0.25, 0.3) is 0 Å². The Bertz CT molecular complexity index is 454. The summed E-state index contributed by atoms with van der Waals surface area (Å²) in [5.41, 5.74) is -1.58. The van der Waals surface area contributed by atoms with Crippen LogP contribution in [-0.2, 0) is 0 Å². The molecule has 0 heterocycles. The monoisotopic (exact) mass is 325 g/mol. The van der Waals surface area contributed by atoms with Crippen LogP contribution >= 0.6 is 15.9 Å². The maximum atomic E-state index is 13.6. The molecule has 1 saturated carbocycles. The first-order chi connectivity index (χ1) is 8.25. The highest BCUT2D eigenvalue weighted by atomic mass is 79.9. The van der Waals surface area contributed by atoms with Crippen molar-refractivity contribution >= 4 is 15.9 Å². The minimum Gasteiger partial charge on any atom is -0.297 e. The van der Waals surface area contributed by atoms with Crippen molar-refractivity contribution in [2.45, 2.75) is 37.5 Å². The molecule has 1 nitrogen and oxygen atoms in total. The quantitative estimate of drug-likeness (QED) is 0.815. The van der Waals surface area contributed by atoms with E-state index in [1.807, 2.05) is 0 Å². The molecule has 1 aliphatic carbocycles. The number of halogens is 5. The van der Waals surface area contributed by atoms with Crippen molar-refractivity contribution in [3.05, 3.63) is 34.1 Å². The minimum atomic E-state index is -4.28. The van der Waals surface area contributed by atoms with E-state index < -0.39 is 23.6 Å². The van der Waals surface area contributed by atoms with Crippen LogP contribution in [0.5, 0.6) is 0 Å². The van der Waals surface area contributed by atoms with E-state index in [0.29, 0.717) is 4.47 Å². The van der Waals surface area contributed by atoms with Gasteiger partial charge in [-0.25, -0.2) is 4.39 Å². The predicted molar refractivity (Wildman–Crippen MR) is 63.7 cm³/mol. The Kier molecular flexibility index (Phi) is 3.44. The van der Waals surface area contributed by atoms with Gasteiger partial charge in [0.05, 0.1) is 0 Å². The SMILES string of the molecule is CC(NC1(C(F)(F)F)CC1)c1ccc(Br)cc1F. The summed E-state index contributed by atoms with van der Waals surface area (Å²) >= 11 is 3.11. The summed E-state index contributed by atoms with van der Waals surface area (Å²) in [5, 5.41) is 2.50. The van der Waals surface area contributed by atoms with Crippen molar-refractivity contribution in [2.24, 2.45) is 0 Å². The molecule has 1 aliphatic rings. The van der Waals surface area contributed by atoms with Crippen LogP contribution < -0.4 is 5.32 Å². The van der Waals surface area contributed by atoms with Gasteiger partial charge in [-0.1, -0.05) is 22.0 Å². The number of benzene rings is 1. The number of hydrogen-bond donors (Lipinski definition) is 1. The van der Waals surface area contributed by atoms with Crippen LogP contribution in [0.4, 0.5) is 17.6 Å². The lowest BCUT2D eigenvalue weighted by Crippen LogP contribution is -2.46. The molecule has 1 fully saturated rings. The maximum Gasteiger partial charge on any atom is 0.406 e. The van der Waals surface area contributed by atoms with Gasteiger partial charge in [-0.05, 0) is 31.9 Å². The molecular weight excluding hydrogens is 314 g/mol. The third kappa shape index (κ3) is 2.54. The largest absolute Gasteiger partial charge is 0.406 e. The molecule has 6 heteroatoms. The Labute approximate surface area is 111 Å². The van der Waals surface area contributed by atoms with E-state index in [9.17, 15) is 17.6 Å². The van der Waals surface area contributed by atoms with E-state index in [2.05, 4.69) is 21.2 Å². The third-order valence-electron chi connectivity index (χ3n) is 3.21. The second-order valence-electron chi connectivity index (χ2n) is 4.61. The van der Waals surface area contributed by atoms with Gasteiger partial charge in [-0.2, -0.15) is 13.2 Å². The molecule has 1 unspecified atom stereocenters. The van der Waals surface area contributed by atoms with Gasteiger partial charge in [0, 0.05) is 16.1 Å². The van der Waals surface area contributed by atoms with Crippen molar-refractivity contribution < 1.29 is 17.6 Å². The van der Waals surface area contributed by atoms with Crippen LogP contribution in [0, 0.1) is 5.82 Å². The smallest absolute Gasteiger partial charge is 0.297 e. The third-order valence-corrected chi connectivity index (χ3v) is 3.71. The van der Waals surface area contributed by atoms with Crippen molar-refractivity contribution in [2.75, 3.05) is 0 Å². The zero-order valence-corrected chi connectivity index (χ0v) is 11.2. The Balaban J connectivity index is 2.16. The molecule has 1 N–H and O–H groups in total. The Morgan fingerprint density at radius 1 is 1.33 bits per heavy atom. The molecule has 0 aromatic heterocycles. The Morgan fingerprint density at radius 3 is 2.39 bits per heavy atom. The molecule has 0 aliphatic heterocycles. The summed E-state index contributed by atoms with van der Waals surface area (Å²) in [5.74, 6) is -0.512. The van der Waals surface area contributed by atoms with E-state index in [1.165, 1.54) is 19.1 Å². The molecule has 1 aromatic rings. The average molecular weight is 326 g/mol. The molecular formula is C12H12BrF4N. The van der Waals surface area contributed by atoms with Gasteiger partial charge in [0.1, 0.15) is 11.4 Å². The van der Waals surface area contributed by atoms with Crippen molar-refractivity contribution in [1.29, 1.82) is 0 Å². The molecule has 2 rings (SSSR count). The van der Waals surface area contributed by atoms with Gasteiger partial charge in [0.2, 0.25) is 0 Å². The van der Waals surface area contributed by atoms with Gasteiger partial charge in [-0.3, -0.25) is 5.32 Å². The summed E-state index contributed by atoms with van der Waals surface area (Å²) in [6.45, 7) is 1.54. The molecule has 0 spiro atoms. The summed E-state index contributed by atoms with van der Waals surface area (Å²) in [7, 11) is 0. The molecule has 0 bridgehead atoms. The van der Waals surface area contributed by atoms with Crippen LogP contribution in [0.15, 0.2) is 22.7 Å². The van der Waals surface area contributed by atoms with Crippen LogP contribution in [0.1, 0.15) is 31.4 Å². The summed E-state index contributed by atoms with van der Waals surface area (Å²) < 4.78 is 52.5. The molecule has 0 radical (unpaired) electrons. The zero-order valence-electron chi connectivity index (χ0n) is 9.61. The average Bonchev–Trinajstić information content (AvgIpc) is 2.97. The first-order valence-electron chi connectivity index (χ1n) is 5.54. The van der Waals surface area contributed by atoms with Crippen molar-refractivity contribution in [3.8, 4) is 0 Å². The number of nitrogens with one attached hydrogen (secondary N) is 1. The van der Waals surface area contributed by atoms with Gasteiger partial charge >= 0.3 is 6.18 Å². The first kappa shape index (κ1) is 13.8. The molecule has 1 aromatic carbocycles. The van der Waals surface area contributed by atoms with E-state index >= 15 is 0 Å². The lowest BCUT2D eigenvalue weighted by molar-refractivity contribution is -0.167. The van der Waals surface area contributed by atoms with Crippen LogP contribution in [-0.4, -0.2) is 11.7 Å². The van der Waals surface area contributed by atoms with E-state index in [4.69, 9.17) is 0 Å². The van der Waals surface area contributed by atoms with Gasteiger partial charge in [-0.15, -0.1) is 0 Å². The fourth-order valence-electron chi connectivity index (χ4n) is 1.98. The lowest BCUT2D eigenvalue weighted by atomic mass is 10.1. The highest BCUT2D eigenvalue weighted by molar-refractivity contribution is 9.10. The van der Waals surface area contributed by atoms with Crippen molar-refractivity contribution in [3.63, 3.8) is 0 Å². The lowest BCUT2D eigenvalue weighted by Gasteiger charge is -2.25. The van der Waals surface area contributed by atoms with Crippen molar-refractivity contribution in [1.82, 2.24) is 5.32 Å². The second kappa shape index (κ2) is 4.49. The molecule has 18 heavy (non-hydrogen) atoms. The topological polar surface area (TPSA) is 12.0 Å². The minimum absolute atomic E-state index is 0.0546. The standard InChI is InChI=1S/C12H12BrF4N/c1-7(9-3-2-8(13)6-10(9)14)18-11(4-5-11)12(15,16)17/h2-3,6-7,18H,4-5H2,1H3. The number of alkyl halides is 3. The maximum absolute atomic E-state index is 13.6. The van der Waals surface area contributed by atoms with E-state index in [1.54, 1.807) is 6.07 Å². The van der Waals surface area contributed by atoms with E-state index in [-0.39, 0.29) is 18.4 Å². The fourth-order valence-corrected chi connectivity index (χ4v) is 2.31. The van der Waals surface area contributed by atoms with Gasteiger partial charge in [0.25, 0.3) is 0 Å². The molecule has 0 amide bonds. The van der Waals surface area contributed by atoms with Crippen LogP contribution in [0.2, 0.25) is 0 Å². The Morgan fingerprint density at radius 2 is 1.94 bits per heavy atom. The zero-order chi connectivity index (χ0) is 13.6. The normalized spacial score (nSPS) is 19.7. The Hall–Kier alpha value is -0.620. The second-order valence-corrected chi connectivity index (χ2v) is 5.53. The number of rotatable bonds is 3. The molecule has 100 valence electrons. The summed E-state index contributed by atoms with van der Waals surface area (Å²) in [6.07, 6.45) is -4.18. The first-order valence-corrected chi connectivity index (χ1v) is 6.34. The highest BCUT2D eigenvalue weighted by Crippen LogP contribution is 2.50. The molecule has 1 atom stereocenters. The molecule has 0 saturated heterocycles.